The van der Waals surface area contributed by atoms with Crippen LogP contribution in [0.5, 0.6) is 0 Å². The summed E-state index contributed by atoms with van der Waals surface area (Å²) in [4.78, 5) is 57.9. The van der Waals surface area contributed by atoms with Crippen molar-refractivity contribution < 1.29 is 32.3 Å². The average Bonchev–Trinajstić information content (AvgIpc) is 3.49. The van der Waals surface area contributed by atoms with Crippen LogP contribution in [0.25, 0.3) is 11.4 Å². The van der Waals surface area contributed by atoms with E-state index in [1.807, 2.05) is 44.2 Å². The van der Waals surface area contributed by atoms with E-state index >= 15 is 0 Å². The van der Waals surface area contributed by atoms with Crippen molar-refractivity contribution in [2.75, 3.05) is 46.4 Å². The van der Waals surface area contributed by atoms with Gasteiger partial charge in [-0.25, -0.2) is 9.67 Å². The van der Waals surface area contributed by atoms with Gasteiger partial charge < -0.3 is 26.0 Å². The highest BCUT2D eigenvalue weighted by Crippen LogP contribution is 2.22. The fraction of sp³-hybridized carbons (Fsp3) is 0.636. The molecule has 0 saturated carbocycles. The van der Waals surface area contributed by atoms with E-state index in [1.165, 1.54) is 15.9 Å². The number of fused-ring (bicyclic) bond motifs is 1. The van der Waals surface area contributed by atoms with Crippen LogP contribution in [0.3, 0.4) is 0 Å². The zero-order valence-corrected chi connectivity index (χ0v) is 30.4. The standard InChI is InChI=1S/C33H51N9O7S/c1-22(2)18-27-33(46)36-23(3)31-38-30(26-10-7-6-8-11-26)39-42(31)20-28(43)34-14-9-15-41(19-29(44)35-24(4)32(45)37-27)50(47,48)40-16-12-25(13-17-40)21-49-5/h6-8,10-11,22-25,27H,9,12-21H2,1-5H3,(H,34,43)(H,35,44)(H,36,46)(H,37,45)/t23-,24+,27+/m0/s1. The number of methoxy groups -OCH3 is 1. The molecule has 17 heteroatoms. The molecule has 0 bridgehead atoms. The summed E-state index contributed by atoms with van der Waals surface area (Å²) in [5.41, 5.74) is 0.728. The van der Waals surface area contributed by atoms with Crippen LogP contribution in [-0.2, 0) is 40.7 Å². The highest BCUT2D eigenvalue weighted by Gasteiger charge is 2.35. The van der Waals surface area contributed by atoms with Gasteiger partial charge in [-0.1, -0.05) is 44.2 Å². The third-order valence-electron chi connectivity index (χ3n) is 8.74. The average molecular weight is 718 g/mol. The number of hydrogen-bond acceptors (Lipinski definition) is 9. The first-order chi connectivity index (χ1) is 23.8. The second-order valence-corrected chi connectivity index (χ2v) is 15.3. The van der Waals surface area contributed by atoms with Gasteiger partial charge in [0, 0.05) is 45.5 Å². The SMILES string of the molecule is COCC1CCN(S(=O)(=O)N2CCCNC(=O)Cn3nc(-c4ccccc4)nc3[C@H](C)NC(=O)[C@@H](CC(C)C)NC(=O)[C@@H](C)NC(=O)C2)CC1. The van der Waals surface area contributed by atoms with Crippen molar-refractivity contribution in [1.82, 2.24) is 44.6 Å². The number of aromatic nitrogens is 3. The van der Waals surface area contributed by atoms with Crippen LogP contribution in [0.1, 0.15) is 65.2 Å². The normalized spacial score (nSPS) is 23.5. The van der Waals surface area contributed by atoms with Gasteiger partial charge in [-0.2, -0.15) is 22.1 Å². The lowest BCUT2D eigenvalue weighted by Crippen LogP contribution is -2.55. The number of ether oxygens (including phenoxy) is 1. The molecule has 1 fully saturated rings. The van der Waals surface area contributed by atoms with Gasteiger partial charge in [0.1, 0.15) is 24.5 Å². The van der Waals surface area contributed by atoms with Gasteiger partial charge in [-0.05, 0) is 51.4 Å². The summed E-state index contributed by atoms with van der Waals surface area (Å²) in [5.74, 6) is -1.13. The monoisotopic (exact) mass is 717 g/mol. The summed E-state index contributed by atoms with van der Waals surface area (Å²) in [7, 11) is -2.44. The number of carbonyl (C=O) groups is 4. The fourth-order valence-electron chi connectivity index (χ4n) is 6.05. The van der Waals surface area contributed by atoms with Crippen molar-refractivity contribution >= 4 is 33.8 Å². The highest BCUT2D eigenvalue weighted by atomic mass is 32.2. The first-order valence-electron chi connectivity index (χ1n) is 17.2. The molecule has 3 atom stereocenters. The number of rotatable bonds is 7. The molecule has 1 saturated heterocycles. The summed E-state index contributed by atoms with van der Waals surface area (Å²) < 4.78 is 36.7. The second-order valence-electron chi connectivity index (χ2n) is 13.4. The number of hydrogen-bond donors (Lipinski definition) is 4. The largest absolute Gasteiger partial charge is 0.384 e. The van der Waals surface area contributed by atoms with Crippen molar-refractivity contribution in [1.29, 1.82) is 0 Å². The van der Waals surface area contributed by atoms with Gasteiger partial charge in [0.2, 0.25) is 23.6 Å². The van der Waals surface area contributed by atoms with Crippen molar-refractivity contribution in [3.05, 3.63) is 36.2 Å². The van der Waals surface area contributed by atoms with Gasteiger partial charge >= 0.3 is 0 Å². The third kappa shape index (κ3) is 10.5. The van der Waals surface area contributed by atoms with Crippen LogP contribution in [0.15, 0.2) is 30.3 Å². The number of piperidine rings is 1. The minimum absolute atomic E-state index is 0.0308. The van der Waals surface area contributed by atoms with E-state index in [9.17, 15) is 27.6 Å². The molecule has 4 N–H and O–H groups in total. The Kier molecular flexibility index (Phi) is 13.9. The molecule has 16 nitrogen and oxygen atoms in total. The van der Waals surface area contributed by atoms with Crippen LogP contribution in [-0.4, -0.2) is 114 Å². The molecule has 2 aliphatic rings. The minimum atomic E-state index is -4.06. The molecular weight excluding hydrogens is 666 g/mol. The predicted octanol–water partition coefficient (Wildman–Crippen LogP) is 0.583. The number of amides is 4. The quantitative estimate of drug-likeness (QED) is 0.317. The highest BCUT2D eigenvalue weighted by molar-refractivity contribution is 7.86. The molecule has 4 rings (SSSR count). The Bertz CT molecular complexity index is 1580. The molecule has 2 aromatic rings. The van der Waals surface area contributed by atoms with E-state index in [-0.39, 0.29) is 51.0 Å². The summed E-state index contributed by atoms with van der Waals surface area (Å²) in [6, 6.07) is 6.54. The van der Waals surface area contributed by atoms with Crippen molar-refractivity contribution in [2.45, 2.75) is 78.0 Å². The third-order valence-corrected chi connectivity index (χ3v) is 10.7. The lowest BCUT2D eigenvalue weighted by atomic mass is 9.99. The van der Waals surface area contributed by atoms with E-state index in [4.69, 9.17) is 4.74 Å². The zero-order chi connectivity index (χ0) is 36.4. The number of benzene rings is 1. The maximum atomic E-state index is 13.8. The molecule has 0 spiro atoms. The van der Waals surface area contributed by atoms with E-state index in [2.05, 4.69) is 31.3 Å². The molecule has 2 aliphatic heterocycles. The van der Waals surface area contributed by atoms with E-state index < -0.39 is 58.5 Å². The van der Waals surface area contributed by atoms with E-state index in [0.717, 1.165) is 9.87 Å². The Morgan fingerprint density at radius 1 is 0.880 bits per heavy atom. The molecule has 1 aromatic heterocycles. The fourth-order valence-corrected chi connectivity index (χ4v) is 7.69. The van der Waals surface area contributed by atoms with Crippen molar-refractivity contribution in [3.63, 3.8) is 0 Å². The van der Waals surface area contributed by atoms with Crippen LogP contribution >= 0.6 is 0 Å². The van der Waals surface area contributed by atoms with E-state index in [1.54, 1.807) is 14.0 Å². The summed E-state index contributed by atoms with van der Waals surface area (Å²) in [6.07, 6.45) is 1.78. The van der Waals surface area contributed by atoms with Crippen LogP contribution in [0.4, 0.5) is 0 Å². The topological polar surface area (TPSA) is 197 Å². The zero-order valence-electron chi connectivity index (χ0n) is 29.6. The molecule has 3 heterocycles. The summed E-state index contributed by atoms with van der Waals surface area (Å²) >= 11 is 0. The molecular formula is C33H51N9O7S. The number of carbonyl (C=O) groups excluding carboxylic acids is 4. The maximum Gasteiger partial charge on any atom is 0.282 e. The van der Waals surface area contributed by atoms with Gasteiger partial charge in [0.25, 0.3) is 10.2 Å². The van der Waals surface area contributed by atoms with Gasteiger partial charge in [-0.3, -0.25) is 19.2 Å². The van der Waals surface area contributed by atoms with Gasteiger partial charge in [-0.15, -0.1) is 0 Å². The second kappa shape index (κ2) is 17.8. The van der Waals surface area contributed by atoms with Crippen molar-refractivity contribution in [3.8, 4) is 11.4 Å². The maximum absolute atomic E-state index is 13.8. The molecule has 0 unspecified atom stereocenters. The van der Waals surface area contributed by atoms with Crippen LogP contribution in [0, 0.1) is 11.8 Å². The Morgan fingerprint density at radius 3 is 2.24 bits per heavy atom. The summed E-state index contributed by atoms with van der Waals surface area (Å²) in [6.45, 7) is 7.49. The van der Waals surface area contributed by atoms with Crippen LogP contribution < -0.4 is 21.3 Å². The molecule has 1 aromatic carbocycles. The lowest BCUT2D eigenvalue weighted by molar-refractivity contribution is -0.132. The number of nitrogens with one attached hydrogen (secondary N) is 4. The first kappa shape index (κ1) is 38.9. The Hall–Kier alpha value is -3.93. The van der Waals surface area contributed by atoms with Crippen LogP contribution in [0.2, 0.25) is 0 Å². The molecule has 4 amide bonds. The smallest absolute Gasteiger partial charge is 0.282 e. The molecule has 0 aliphatic carbocycles. The number of nitrogens with zero attached hydrogens (tertiary/aromatic N) is 5. The van der Waals surface area contributed by atoms with Gasteiger partial charge in [0.15, 0.2) is 5.82 Å². The minimum Gasteiger partial charge on any atom is -0.384 e. The van der Waals surface area contributed by atoms with Gasteiger partial charge in [0.05, 0.1) is 12.6 Å². The molecule has 50 heavy (non-hydrogen) atoms. The first-order valence-corrected chi connectivity index (χ1v) is 18.6. The molecule has 0 radical (unpaired) electrons. The Labute approximate surface area is 294 Å². The Balaban J connectivity index is 1.61. The molecule has 276 valence electrons. The van der Waals surface area contributed by atoms with E-state index in [0.29, 0.717) is 37.5 Å². The summed E-state index contributed by atoms with van der Waals surface area (Å²) in [5, 5.41) is 15.6. The Morgan fingerprint density at radius 2 is 1.58 bits per heavy atom. The lowest BCUT2D eigenvalue weighted by Gasteiger charge is -2.34. The predicted molar refractivity (Wildman–Crippen MR) is 185 cm³/mol. The van der Waals surface area contributed by atoms with Crippen molar-refractivity contribution in [2.24, 2.45) is 11.8 Å².